The fraction of sp³-hybridized carbons (Fsp3) is 0.444. The van der Waals surface area contributed by atoms with E-state index in [1.54, 1.807) is 0 Å². The molecule has 1 saturated heterocycles. The number of benzene rings is 1. The predicted molar refractivity (Wildman–Crippen MR) is 101 cm³/mol. The van der Waals surface area contributed by atoms with Crippen molar-refractivity contribution in [2.24, 2.45) is 4.99 Å². The third-order valence-electron chi connectivity index (χ3n) is 4.10. The van der Waals surface area contributed by atoms with Gasteiger partial charge in [0.25, 0.3) is 0 Å². The first-order chi connectivity index (χ1) is 11.8. The maximum atomic E-state index is 4.32. The highest BCUT2D eigenvalue weighted by molar-refractivity contribution is 8.00. The molecule has 128 valence electrons. The van der Waals surface area contributed by atoms with Crippen molar-refractivity contribution in [3.05, 3.63) is 53.9 Å². The predicted octanol–water partition coefficient (Wildman–Crippen LogP) is 2.49. The topological polar surface area (TPSA) is 54.2 Å². The van der Waals surface area contributed by atoms with Crippen LogP contribution in [0.2, 0.25) is 0 Å². The second-order valence-electron chi connectivity index (χ2n) is 5.97. The van der Waals surface area contributed by atoms with Crippen LogP contribution in [0.15, 0.2) is 47.7 Å². The summed E-state index contributed by atoms with van der Waals surface area (Å²) in [4.78, 5) is 4.32. The Labute approximate surface area is 147 Å². The normalized spacial score (nSPS) is 17.9. The maximum Gasteiger partial charge on any atom is 0.191 e. The van der Waals surface area contributed by atoms with Gasteiger partial charge >= 0.3 is 0 Å². The first kappa shape index (κ1) is 16.9. The summed E-state index contributed by atoms with van der Waals surface area (Å²) in [6.45, 7) is 2.56. The zero-order valence-corrected chi connectivity index (χ0v) is 14.9. The summed E-state index contributed by atoms with van der Waals surface area (Å²) in [6.07, 6.45) is 6.44. The second kappa shape index (κ2) is 8.78. The monoisotopic (exact) mass is 343 g/mol. The number of aliphatic imine (C=N–C) groups is 1. The molecule has 1 aromatic carbocycles. The van der Waals surface area contributed by atoms with E-state index < -0.39 is 0 Å². The van der Waals surface area contributed by atoms with Gasteiger partial charge in [-0.3, -0.25) is 9.67 Å². The standard InChI is InChI=1S/C18H25N5S/c1-19-18(21-13-17-7-3-10-24-17)20-12-15-5-2-6-16(11-15)14-23-9-4-8-22-23/h2,4-6,8-9,11,17H,3,7,10,12-14H2,1H3,(H2,19,20,21). The van der Waals surface area contributed by atoms with Crippen molar-refractivity contribution in [2.45, 2.75) is 31.2 Å². The number of hydrogen-bond donors (Lipinski definition) is 2. The van der Waals surface area contributed by atoms with Gasteiger partial charge in [-0.05, 0) is 35.8 Å². The molecule has 1 aliphatic heterocycles. The van der Waals surface area contributed by atoms with Gasteiger partial charge in [0.05, 0.1) is 6.54 Å². The van der Waals surface area contributed by atoms with Crippen LogP contribution >= 0.6 is 11.8 Å². The summed E-state index contributed by atoms with van der Waals surface area (Å²) >= 11 is 2.06. The largest absolute Gasteiger partial charge is 0.355 e. The minimum Gasteiger partial charge on any atom is -0.355 e. The van der Waals surface area contributed by atoms with E-state index in [9.17, 15) is 0 Å². The van der Waals surface area contributed by atoms with Gasteiger partial charge in [0.15, 0.2) is 5.96 Å². The van der Waals surface area contributed by atoms with E-state index >= 15 is 0 Å². The van der Waals surface area contributed by atoms with Gasteiger partial charge in [0, 0.05) is 37.8 Å². The van der Waals surface area contributed by atoms with E-state index in [0.29, 0.717) is 0 Å². The van der Waals surface area contributed by atoms with Gasteiger partial charge in [0.1, 0.15) is 0 Å². The Morgan fingerprint density at radius 3 is 3.00 bits per heavy atom. The van der Waals surface area contributed by atoms with Crippen molar-refractivity contribution in [1.29, 1.82) is 0 Å². The highest BCUT2D eigenvalue weighted by Gasteiger charge is 2.15. The highest BCUT2D eigenvalue weighted by atomic mass is 32.2. The molecule has 0 saturated carbocycles. The third kappa shape index (κ3) is 5.03. The highest BCUT2D eigenvalue weighted by Crippen LogP contribution is 2.25. The van der Waals surface area contributed by atoms with E-state index in [4.69, 9.17) is 0 Å². The Bertz CT molecular complexity index is 647. The number of nitrogens with zero attached hydrogens (tertiary/aromatic N) is 3. The second-order valence-corrected chi connectivity index (χ2v) is 7.37. The fourth-order valence-electron chi connectivity index (χ4n) is 2.84. The van der Waals surface area contributed by atoms with Gasteiger partial charge in [-0.15, -0.1) is 0 Å². The summed E-state index contributed by atoms with van der Waals surface area (Å²) in [5, 5.41) is 11.8. The number of thioether (sulfide) groups is 1. The minimum atomic E-state index is 0.723. The van der Waals surface area contributed by atoms with Crippen molar-refractivity contribution in [1.82, 2.24) is 20.4 Å². The van der Waals surface area contributed by atoms with E-state index in [2.05, 4.69) is 56.8 Å². The molecule has 5 nitrogen and oxygen atoms in total. The molecule has 2 heterocycles. The van der Waals surface area contributed by atoms with Gasteiger partial charge in [-0.25, -0.2) is 0 Å². The molecule has 0 aliphatic carbocycles. The molecule has 0 spiro atoms. The Balaban J connectivity index is 1.49. The number of guanidine groups is 1. The lowest BCUT2D eigenvalue weighted by Gasteiger charge is -2.15. The van der Waals surface area contributed by atoms with Crippen LogP contribution < -0.4 is 10.6 Å². The van der Waals surface area contributed by atoms with Crippen LogP contribution in [-0.2, 0) is 13.1 Å². The molecule has 2 N–H and O–H groups in total. The van der Waals surface area contributed by atoms with E-state index in [1.807, 2.05) is 30.2 Å². The summed E-state index contributed by atoms with van der Waals surface area (Å²) in [6, 6.07) is 10.5. The molecule has 1 aliphatic rings. The molecule has 1 aromatic heterocycles. The SMILES string of the molecule is CN=C(NCc1cccc(Cn2cccn2)c1)NCC1CCCS1. The van der Waals surface area contributed by atoms with Crippen molar-refractivity contribution in [3.8, 4) is 0 Å². The lowest BCUT2D eigenvalue weighted by molar-refractivity contribution is 0.685. The van der Waals surface area contributed by atoms with Gasteiger partial charge in [0.2, 0.25) is 0 Å². The van der Waals surface area contributed by atoms with Gasteiger partial charge in [-0.1, -0.05) is 24.3 Å². The number of aromatic nitrogens is 2. The average molecular weight is 344 g/mol. The van der Waals surface area contributed by atoms with E-state index in [0.717, 1.165) is 30.8 Å². The van der Waals surface area contributed by atoms with Crippen LogP contribution in [0.25, 0.3) is 0 Å². The molecular formula is C18H25N5S. The van der Waals surface area contributed by atoms with E-state index in [1.165, 1.54) is 29.7 Å². The maximum absolute atomic E-state index is 4.32. The van der Waals surface area contributed by atoms with Crippen molar-refractivity contribution >= 4 is 17.7 Å². The summed E-state index contributed by atoms with van der Waals surface area (Å²) in [5.41, 5.74) is 2.50. The summed E-state index contributed by atoms with van der Waals surface area (Å²) in [7, 11) is 1.82. The van der Waals surface area contributed by atoms with Crippen molar-refractivity contribution in [2.75, 3.05) is 19.3 Å². The van der Waals surface area contributed by atoms with Crippen LogP contribution in [0.3, 0.4) is 0 Å². The van der Waals surface area contributed by atoms with Crippen LogP contribution in [0.1, 0.15) is 24.0 Å². The first-order valence-electron chi connectivity index (χ1n) is 8.45. The zero-order chi connectivity index (χ0) is 16.6. The molecule has 0 radical (unpaired) electrons. The smallest absolute Gasteiger partial charge is 0.191 e. The molecule has 0 amide bonds. The summed E-state index contributed by atoms with van der Waals surface area (Å²) in [5.74, 6) is 2.17. The first-order valence-corrected chi connectivity index (χ1v) is 9.50. The number of hydrogen-bond acceptors (Lipinski definition) is 3. The molecule has 6 heteroatoms. The molecule has 0 bridgehead atoms. The molecule has 1 unspecified atom stereocenters. The molecule has 24 heavy (non-hydrogen) atoms. The average Bonchev–Trinajstić information content (AvgIpc) is 3.29. The molecule has 1 atom stereocenters. The van der Waals surface area contributed by atoms with Crippen LogP contribution in [0, 0.1) is 0 Å². The van der Waals surface area contributed by atoms with Crippen LogP contribution in [0.5, 0.6) is 0 Å². The van der Waals surface area contributed by atoms with Crippen LogP contribution in [-0.4, -0.2) is 40.3 Å². The van der Waals surface area contributed by atoms with Gasteiger partial charge < -0.3 is 10.6 Å². The Kier molecular flexibility index (Phi) is 6.18. The fourth-order valence-corrected chi connectivity index (χ4v) is 4.04. The quantitative estimate of drug-likeness (QED) is 0.625. The lowest BCUT2D eigenvalue weighted by atomic mass is 10.1. The lowest BCUT2D eigenvalue weighted by Crippen LogP contribution is -2.39. The van der Waals surface area contributed by atoms with Crippen molar-refractivity contribution in [3.63, 3.8) is 0 Å². The molecule has 3 rings (SSSR count). The van der Waals surface area contributed by atoms with Crippen LogP contribution in [0.4, 0.5) is 0 Å². The minimum absolute atomic E-state index is 0.723. The third-order valence-corrected chi connectivity index (χ3v) is 5.50. The molecule has 2 aromatic rings. The number of rotatable bonds is 6. The van der Waals surface area contributed by atoms with Gasteiger partial charge in [-0.2, -0.15) is 16.9 Å². The van der Waals surface area contributed by atoms with Crippen molar-refractivity contribution < 1.29 is 0 Å². The number of nitrogens with one attached hydrogen (secondary N) is 2. The Morgan fingerprint density at radius 1 is 1.33 bits per heavy atom. The molecule has 1 fully saturated rings. The van der Waals surface area contributed by atoms with E-state index in [-0.39, 0.29) is 0 Å². The molecular weight excluding hydrogens is 318 g/mol. The summed E-state index contributed by atoms with van der Waals surface area (Å²) < 4.78 is 1.94. The Morgan fingerprint density at radius 2 is 2.25 bits per heavy atom. The zero-order valence-electron chi connectivity index (χ0n) is 14.1. The Hall–Kier alpha value is -1.95.